The number of methoxy groups -OCH3 is 1. The lowest BCUT2D eigenvalue weighted by atomic mass is 10.2. The highest BCUT2D eigenvalue weighted by Gasteiger charge is 2.16. The molecular formula is C12H15N3O3. The van der Waals surface area contributed by atoms with Crippen molar-refractivity contribution in [1.82, 2.24) is 15.3 Å². The Kier molecular flexibility index (Phi) is 3.36. The Hall–Kier alpha value is -2.24. The van der Waals surface area contributed by atoms with Crippen LogP contribution < -0.4 is 10.1 Å². The zero-order chi connectivity index (χ0) is 13.1. The first-order chi connectivity index (χ1) is 8.63. The van der Waals surface area contributed by atoms with Crippen LogP contribution in [0.5, 0.6) is 5.75 Å². The van der Waals surface area contributed by atoms with Crippen LogP contribution in [0.2, 0.25) is 0 Å². The Morgan fingerprint density at radius 1 is 1.61 bits per heavy atom. The van der Waals surface area contributed by atoms with E-state index in [-0.39, 0.29) is 6.04 Å². The zero-order valence-corrected chi connectivity index (χ0v) is 10.2. The number of hydrogen-bond acceptors (Lipinski definition) is 3. The number of ether oxygens (including phenoxy) is 1. The minimum absolute atomic E-state index is 0.333. The van der Waals surface area contributed by atoms with Gasteiger partial charge in [0.15, 0.2) is 0 Å². The van der Waals surface area contributed by atoms with Gasteiger partial charge >= 0.3 is 6.09 Å². The van der Waals surface area contributed by atoms with Gasteiger partial charge in [-0.3, -0.25) is 0 Å². The monoisotopic (exact) mass is 249 g/mol. The minimum atomic E-state index is -1.06. The maximum Gasteiger partial charge on any atom is 0.405 e. The second-order valence-corrected chi connectivity index (χ2v) is 3.92. The first-order valence-electron chi connectivity index (χ1n) is 5.67. The van der Waals surface area contributed by atoms with E-state index in [9.17, 15) is 4.79 Å². The Balaban J connectivity index is 2.36. The van der Waals surface area contributed by atoms with E-state index in [1.807, 2.05) is 25.1 Å². The number of benzene rings is 1. The molecule has 0 radical (unpaired) electrons. The van der Waals surface area contributed by atoms with Gasteiger partial charge in [-0.15, -0.1) is 0 Å². The standard InChI is InChI=1S/C12H15N3O3/c1-3-8(15-12(16)17)11-13-9-5-4-7(18-2)6-10(9)14-11/h4-6,8,15H,3H2,1-2H3,(H,13,14)(H,16,17). The van der Waals surface area contributed by atoms with Gasteiger partial charge in [0.1, 0.15) is 11.6 Å². The number of nitrogens with zero attached hydrogens (tertiary/aromatic N) is 1. The van der Waals surface area contributed by atoms with Crippen molar-refractivity contribution in [3.63, 3.8) is 0 Å². The van der Waals surface area contributed by atoms with Crippen molar-refractivity contribution in [3.8, 4) is 5.75 Å². The summed E-state index contributed by atoms with van der Waals surface area (Å²) in [4.78, 5) is 18.2. The van der Waals surface area contributed by atoms with Crippen molar-refractivity contribution >= 4 is 17.1 Å². The second kappa shape index (κ2) is 4.95. The summed E-state index contributed by atoms with van der Waals surface area (Å²) in [5.41, 5.74) is 1.62. The molecule has 2 rings (SSSR count). The van der Waals surface area contributed by atoms with E-state index in [0.717, 1.165) is 16.8 Å². The molecule has 18 heavy (non-hydrogen) atoms. The maximum absolute atomic E-state index is 10.7. The van der Waals surface area contributed by atoms with Crippen molar-refractivity contribution < 1.29 is 14.6 Å². The van der Waals surface area contributed by atoms with Gasteiger partial charge in [-0.25, -0.2) is 9.78 Å². The quantitative estimate of drug-likeness (QED) is 0.775. The molecule has 0 aliphatic rings. The van der Waals surface area contributed by atoms with E-state index < -0.39 is 6.09 Å². The van der Waals surface area contributed by atoms with Crippen LogP contribution in [0.4, 0.5) is 4.79 Å². The first-order valence-corrected chi connectivity index (χ1v) is 5.67. The summed E-state index contributed by atoms with van der Waals surface area (Å²) >= 11 is 0. The summed E-state index contributed by atoms with van der Waals surface area (Å²) in [6, 6.07) is 5.15. The molecule has 0 spiro atoms. The number of hydrogen-bond donors (Lipinski definition) is 3. The normalized spacial score (nSPS) is 12.3. The number of rotatable bonds is 4. The highest BCUT2D eigenvalue weighted by molar-refractivity contribution is 5.77. The van der Waals surface area contributed by atoms with Crippen LogP contribution >= 0.6 is 0 Å². The molecule has 1 aromatic heterocycles. The summed E-state index contributed by atoms with van der Waals surface area (Å²) in [5, 5.41) is 11.2. The summed E-state index contributed by atoms with van der Waals surface area (Å²) in [5.74, 6) is 1.35. The van der Waals surface area contributed by atoms with Crippen molar-refractivity contribution in [1.29, 1.82) is 0 Å². The number of H-pyrrole nitrogens is 1. The Bertz CT molecular complexity index is 565. The Labute approximate surface area is 104 Å². The maximum atomic E-state index is 10.7. The van der Waals surface area contributed by atoms with Gasteiger partial charge in [-0.05, 0) is 18.6 Å². The van der Waals surface area contributed by atoms with Gasteiger partial charge in [0.25, 0.3) is 0 Å². The molecule has 0 aliphatic heterocycles. The molecule has 1 amide bonds. The van der Waals surface area contributed by atoms with Crippen LogP contribution in [-0.2, 0) is 0 Å². The summed E-state index contributed by atoms with van der Waals surface area (Å²) in [7, 11) is 1.60. The molecule has 0 bridgehead atoms. The van der Waals surface area contributed by atoms with Crippen LogP contribution in [0.3, 0.4) is 0 Å². The Morgan fingerprint density at radius 2 is 2.39 bits per heavy atom. The van der Waals surface area contributed by atoms with Gasteiger partial charge in [0, 0.05) is 6.07 Å². The van der Waals surface area contributed by atoms with E-state index in [1.165, 1.54) is 0 Å². The molecule has 6 heteroatoms. The van der Waals surface area contributed by atoms with Crippen LogP contribution in [-0.4, -0.2) is 28.3 Å². The minimum Gasteiger partial charge on any atom is -0.497 e. The number of amides is 1. The molecule has 1 heterocycles. The molecule has 0 aliphatic carbocycles. The van der Waals surface area contributed by atoms with Gasteiger partial charge in [-0.1, -0.05) is 6.92 Å². The van der Waals surface area contributed by atoms with Crippen molar-refractivity contribution in [3.05, 3.63) is 24.0 Å². The summed E-state index contributed by atoms with van der Waals surface area (Å²) in [6.45, 7) is 1.90. The fourth-order valence-corrected chi connectivity index (χ4v) is 1.81. The average molecular weight is 249 g/mol. The van der Waals surface area contributed by atoms with E-state index in [1.54, 1.807) is 7.11 Å². The van der Waals surface area contributed by atoms with Crippen molar-refractivity contribution in [2.24, 2.45) is 0 Å². The SMILES string of the molecule is CCC(NC(=O)O)c1nc2ccc(OC)cc2[nH]1. The van der Waals surface area contributed by atoms with Crippen molar-refractivity contribution in [2.45, 2.75) is 19.4 Å². The molecule has 0 saturated heterocycles. The lowest BCUT2D eigenvalue weighted by molar-refractivity contribution is 0.189. The Morgan fingerprint density at radius 3 is 3.00 bits per heavy atom. The van der Waals surface area contributed by atoms with E-state index >= 15 is 0 Å². The molecule has 6 nitrogen and oxygen atoms in total. The number of imidazole rings is 1. The number of carboxylic acid groups (broad SMARTS) is 1. The van der Waals surface area contributed by atoms with Gasteiger partial charge in [0.05, 0.1) is 24.2 Å². The third-order valence-corrected chi connectivity index (χ3v) is 2.74. The largest absolute Gasteiger partial charge is 0.497 e. The van der Waals surface area contributed by atoms with Crippen molar-refractivity contribution in [2.75, 3.05) is 7.11 Å². The molecular weight excluding hydrogens is 234 g/mol. The molecule has 1 aromatic carbocycles. The molecule has 1 unspecified atom stereocenters. The highest BCUT2D eigenvalue weighted by atomic mass is 16.5. The molecule has 0 saturated carbocycles. The topological polar surface area (TPSA) is 87.2 Å². The van der Waals surface area contributed by atoms with E-state index in [4.69, 9.17) is 9.84 Å². The lowest BCUT2D eigenvalue weighted by Crippen LogP contribution is -2.26. The molecule has 3 N–H and O–H groups in total. The second-order valence-electron chi connectivity index (χ2n) is 3.92. The molecule has 0 fully saturated rings. The zero-order valence-electron chi connectivity index (χ0n) is 10.2. The predicted octanol–water partition coefficient (Wildman–Crippen LogP) is 2.29. The predicted molar refractivity (Wildman–Crippen MR) is 66.8 cm³/mol. The van der Waals surface area contributed by atoms with Crippen LogP contribution in [0, 0.1) is 0 Å². The average Bonchev–Trinajstić information content (AvgIpc) is 2.77. The van der Waals surface area contributed by atoms with Crippen LogP contribution in [0.25, 0.3) is 11.0 Å². The van der Waals surface area contributed by atoms with Gasteiger partial charge in [0.2, 0.25) is 0 Å². The smallest absolute Gasteiger partial charge is 0.405 e. The van der Waals surface area contributed by atoms with Gasteiger partial charge in [-0.2, -0.15) is 0 Å². The van der Waals surface area contributed by atoms with E-state index in [2.05, 4.69) is 15.3 Å². The molecule has 1 atom stereocenters. The number of aromatic amines is 1. The third-order valence-electron chi connectivity index (χ3n) is 2.74. The molecule has 96 valence electrons. The van der Waals surface area contributed by atoms with E-state index in [0.29, 0.717) is 12.2 Å². The first kappa shape index (κ1) is 12.2. The number of fused-ring (bicyclic) bond motifs is 1. The highest BCUT2D eigenvalue weighted by Crippen LogP contribution is 2.22. The summed E-state index contributed by atoms with van der Waals surface area (Å²) in [6.07, 6.45) is -0.427. The summed E-state index contributed by atoms with van der Waals surface area (Å²) < 4.78 is 5.13. The van der Waals surface area contributed by atoms with Crippen LogP contribution in [0.1, 0.15) is 25.2 Å². The fraction of sp³-hybridized carbons (Fsp3) is 0.333. The number of aromatic nitrogens is 2. The van der Waals surface area contributed by atoms with Crippen LogP contribution in [0.15, 0.2) is 18.2 Å². The molecule has 2 aromatic rings. The third kappa shape index (κ3) is 2.37. The number of nitrogens with one attached hydrogen (secondary N) is 2. The number of carbonyl (C=O) groups is 1. The fourth-order valence-electron chi connectivity index (χ4n) is 1.81. The lowest BCUT2D eigenvalue weighted by Gasteiger charge is -2.11. The van der Waals surface area contributed by atoms with Gasteiger partial charge < -0.3 is 20.1 Å².